The van der Waals surface area contributed by atoms with Crippen molar-refractivity contribution in [1.29, 1.82) is 0 Å². The average molecular weight is 313 g/mol. The van der Waals surface area contributed by atoms with E-state index in [1.807, 2.05) is 18.4 Å². The van der Waals surface area contributed by atoms with Crippen LogP contribution in [-0.2, 0) is 6.54 Å². The lowest BCUT2D eigenvalue weighted by atomic mass is 10.2. The molecule has 0 amide bonds. The van der Waals surface area contributed by atoms with Crippen LogP contribution in [0.3, 0.4) is 0 Å². The van der Waals surface area contributed by atoms with Crippen LogP contribution in [0.2, 0.25) is 0 Å². The van der Waals surface area contributed by atoms with Gasteiger partial charge in [-0.25, -0.2) is 4.39 Å². The van der Waals surface area contributed by atoms with E-state index >= 15 is 0 Å². The smallest absolute Gasteiger partial charge is 0.224 e. The molecule has 4 nitrogen and oxygen atoms in total. The summed E-state index contributed by atoms with van der Waals surface area (Å²) >= 11 is 3.35. The van der Waals surface area contributed by atoms with E-state index in [1.165, 1.54) is 6.07 Å². The molecule has 1 heterocycles. The summed E-state index contributed by atoms with van der Waals surface area (Å²) in [6.45, 7) is 5.37. The molecular weight excluding hydrogens is 299 g/mol. The number of nitrogens with zero attached hydrogens (tertiary/aromatic N) is 3. The number of nitrogens with one attached hydrogen (secondary N) is 1. The molecule has 2 aromatic rings. The number of benzene rings is 1. The second-order valence-electron chi connectivity index (χ2n) is 3.72. The number of halogens is 2. The molecule has 1 N–H and O–H groups in total. The van der Waals surface area contributed by atoms with E-state index in [4.69, 9.17) is 0 Å². The Bertz CT molecular complexity index is 533. The van der Waals surface area contributed by atoms with Gasteiger partial charge in [-0.05, 0) is 41.9 Å². The molecule has 0 atom stereocenters. The zero-order valence-electron chi connectivity index (χ0n) is 10.2. The van der Waals surface area contributed by atoms with Crippen molar-refractivity contribution in [3.05, 3.63) is 28.5 Å². The van der Waals surface area contributed by atoms with Crippen molar-refractivity contribution in [1.82, 2.24) is 14.8 Å². The van der Waals surface area contributed by atoms with Crippen LogP contribution in [0.25, 0.3) is 11.4 Å². The summed E-state index contributed by atoms with van der Waals surface area (Å²) in [6, 6.07) is 4.86. The first-order valence-corrected chi connectivity index (χ1v) is 6.59. The Balaban J connectivity index is 2.57. The molecule has 0 aliphatic carbocycles. The zero-order valence-corrected chi connectivity index (χ0v) is 11.8. The van der Waals surface area contributed by atoms with Gasteiger partial charge in [-0.3, -0.25) is 4.57 Å². The monoisotopic (exact) mass is 312 g/mol. The van der Waals surface area contributed by atoms with Gasteiger partial charge < -0.3 is 5.32 Å². The Labute approximate surface area is 113 Å². The van der Waals surface area contributed by atoms with Crippen LogP contribution in [0.5, 0.6) is 0 Å². The quantitative estimate of drug-likeness (QED) is 0.942. The second-order valence-corrected chi connectivity index (χ2v) is 4.57. The summed E-state index contributed by atoms with van der Waals surface area (Å²) in [5.74, 6) is 0.873. The first-order valence-electron chi connectivity index (χ1n) is 5.80. The third-order valence-corrected chi connectivity index (χ3v) is 3.25. The van der Waals surface area contributed by atoms with Crippen molar-refractivity contribution in [2.24, 2.45) is 0 Å². The van der Waals surface area contributed by atoms with E-state index in [2.05, 4.69) is 31.4 Å². The predicted molar refractivity (Wildman–Crippen MR) is 73.0 cm³/mol. The maximum atomic E-state index is 13.9. The van der Waals surface area contributed by atoms with Crippen LogP contribution in [0.1, 0.15) is 13.8 Å². The number of hydrogen-bond acceptors (Lipinski definition) is 3. The molecule has 6 heteroatoms. The number of hydrogen-bond donors (Lipinski definition) is 1. The molecule has 0 saturated carbocycles. The lowest BCUT2D eigenvalue weighted by Gasteiger charge is -2.09. The van der Waals surface area contributed by atoms with E-state index in [-0.39, 0.29) is 5.82 Å². The lowest BCUT2D eigenvalue weighted by Crippen LogP contribution is -2.07. The standard InChI is InChI=1S/C12H14BrFN4/c1-3-15-12-17-16-11(18(12)4-2)10-8(13)6-5-7-9(10)14/h5-7H,3-4H2,1-2H3,(H,15,17). The number of rotatable bonds is 4. The first kappa shape index (κ1) is 13.0. The topological polar surface area (TPSA) is 42.7 Å². The third-order valence-electron chi connectivity index (χ3n) is 2.59. The normalized spacial score (nSPS) is 10.7. The summed E-state index contributed by atoms with van der Waals surface area (Å²) in [6.07, 6.45) is 0. The molecule has 0 spiro atoms. The Kier molecular flexibility index (Phi) is 3.96. The molecule has 2 rings (SSSR count). The maximum Gasteiger partial charge on any atom is 0.224 e. The molecule has 18 heavy (non-hydrogen) atoms. The number of anilines is 1. The van der Waals surface area contributed by atoms with Crippen molar-refractivity contribution < 1.29 is 4.39 Å². The highest BCUT2D eigenvalue weighted by molar-refractivity contribution is 9.10. The molecule has 1 aromatic carbocycles. The Morgan fingerprint density at radius 2 is 2.11 bits per heavy atom. The van der Waals surface area contributed by atoms with Gasteiger partial charge in [0.2, 0.25) is 5.95 Å². The fourth-order valence-electron chi connectivity index (χ4n) is 1.79. The van der Waals surface area contributed by atoms with Gasteiger partial charge in [-0.15, -0.1) is 10.2 Å². The molecule has 0 aliphatic heterocycles. The van der Waals surface area contributed by atoms with Gasteiger partial charge in [0.15, 0.2) is 5.82 Å². The Hall–Kier alpha value is -1.43. The number of aromatic nitrogens is 3. The SMILES string of the molecule is CCNc1nnc(-c2c(F)cccc2Br)n1CC. The molecule has 1 aromatic heterocycles. The van der Waals surface area contributed by atoms with Gasteiger partial charge in [-0.1, -0.05) is 6.07 Å². The molecule has 0 aliphatic rings. The maximum absolute atomic E-state index is 13.9. The third kappa shape index (κ3) is 2.25. The lowest BCUT2D eigenvalue weighted by molar-refractivity contribution is 0.626. The predicted octanol–water partition coefficient (Wildman–Crippen LogP) is 3.30. The van der Waals surface area contributed by atoms with Gasteiger partial charge in [-0.2, -0.15) is 0 Å². The van der Waals surface area contributed by atoms with E-state index in [0.717, 1.165) is 6.54 Å². The van der Waals surface area contributed by atoms with Gasteiger partial charge in [0.1, 0.15) is 5.82 Å². The minimum absolute atomic E-state index is 0.311. The molecule has 0 fully saturated rings. The van der Waals surface area contributed by atoms with Gasteiger partial charge in [0.05, 0.1) is 5.56 Å². The summed E-state index contributed by atoms with van der Waals surface area (Å²) in [5.41, 5.74) is 0.441. The minimum atomic E-state index is -0.311. The Morgan fingerprint density at radius 1 is 1.33 bits per heavy atom. The largest absolute Gasteiger partial charge is 0.355 e. The van der Waals surface area contributed by atoms with Crippen LogP contribution in [0.15, 0.2) is 22.7 Å². The summed E-state index contributed by atoms with van der Waals surface area (Å²) in [5, 5.41) is 11.2. The summed E-state index contributed by atoms with van der Waals surface area (Å²) in [4.78, 5) is 0. The minimum Gasteiger partial charge on any atom is -0.355 e. The second kappa shape index (κ2) is 5.48. The van der Waals surface area contributed by atoms with Gasteiger partial charge >= 0.3 is 0 Å². The molecule has 0 saturated heterocycles. The molecular formula is C12H14BrFN4. The van der Waals surface area contributed by atoms with Crippen LogP contribution in [0, 0.1) is 5.82 Å². The van der Waals surface area contributed by atoms with Crippen molar-refractivity contribution in [2.45, 2.75) is 20.4 Å². The van der Waals surface area contributed by atoms with Crippen molar-refractivity contribution in [2.75, 3.05) is 11.9 Å². The van der Waals surface area contributed by atoms with E-state index in [9.17, 15) is 4.39 Å². The fraction of sp³-hybridized carbons (Fsp3) is 0.333. The summed E-state index contributed by atoms with van der Waals surface area (Å²) in [7, 11) is 0. The zero-order chi connectivity index (χ0) is 13.1. The van der Waals surface area contributed by atoms with Crippen LogP contribution < -0.4 is 5.32 Å². The van der Waals surface area contributed by atoms with Crippen LogP contribution >= 0.6 is 15.9 Å². The van der Waals surface area contributed by atoms with E-state index < -0.39 is 0 Å². The highest BCUT2D eigenvalue weighted by Gasteiger charge is 2.17. The van der Waals surface area contributed by atoms with Crippen molar-refractivity contribution in [3.8, 4) is 11.4 Å². The molecule has 0 unspecified atom stereocenters. The first-order chi connectivity index (χ1) is 8.69. The van der Waals surface area contributed by atoms with Crippen molar-refractivity contribution >= 4 is 21.9 Å². The molecule has 96 valence electrons. The van der Waals surface area contributed by atoms with Crippen LogP contribution in [-0.4, -0.2) is 21.3 Å². The van der Waals surface area contributed by atoms with Gasteiger partial charge in [0.25, 0.3) is 0 Å². The van der Waals surface area contributed by atoms with Crippen molar-refractivity contribution in [3.63, 3.8) is 0 Å². The highest BCUT2D eigenvalue weighted by Crippen LogP contribution is 2.30. The molecule has 0 bridgehead atoms. The van der Waals surface area contributed by atoms with E-state index in [0.29, 0.717) is 28.4 Å². The fourth-order valence-corrected chi connectivity index (χ4v) is 2.31. The van der Waals surface area contributed by atoms with Crippen LogP contribution in [0.4, 0.5) is 10.3 Å². The van der Waals surface area contributed by atoms with Gasteiger partial charge in [0, 0.05) is 17.6 Å². The molecule has 0 radical (unpaired) electrons. The summed E-state index contributed by atoms with van der Waals surface area (Å²) < 4.78 is 16.4. The average Bonchev–Trinajstić information content (AvgIpc) is 2.72. The highest BCUT2D eigenvalue weighted by atomic mass is 79.9. The Morgan fingerprint density at radius 3 is 2.72 bits per heavy atom. The van der Waals surface area contributed by atoms with E-state index in [1.54, 1.807) is 12.1 Å².